The van der Waals surface area contributed by atoms with Crippen LogP contribution in [-0.4, -0.2) is 0 Å². The Bertz CT molecular complexity index is 2310. The minimum atomic E-state index is -0.432. The summed E-state index contributed by atoms with van der Waals surface area (Å²) in [5, 5.41) is 5.11. The molecule has 0 bridgehead atoms. The van der Waals surface area contributed by atoms with E-state index in [0.29, 0.717) is 0 Å². The van der Waals surface area contributed by atoms with Gasteiger partial charge in [-0.15, -0.1) is 0 Å². The van der Waals surface area contributed by atoms with E-state index in [1.165, 1.54) is 77.2 Å². The highest BCUT2D eigenvalue weighted by Crippen LogP contribution is 2.58. The topological polar surface area (TPSA) is 0 Å². The summed E-state index contributed by atoms with van der Waals surface area (Å²) in [5.74, 6) is 0. The largest absolute Gasteiger partial charge is 0.0714 e. The molecule has 0 radical (unpaired) electrons. The molecule has 0 spiro atoms. The van der Waals surface area contributed by atoms with E-state index in [-0.39, 0.29) is 0 Å². The van der Waals surface area contributed by atoms with Gasteiger partial charge in [-0.2, -0.15) is 0 Å². The molecule has 210 valence electrons. The maximum absolute atomic E-state index is 2.49. The Hall–Kier alpha value is -5.72. The molecule has 0 saturated carbocycles. The summed E-state index contributed by atoms with van der Waals surface area (Å²) < 4.78 is 0. The molecule has 0 saturated heterocycles. The van der Waals surface area contributed by atoms with Crippen molar-refractivity contribution in [2.75, 3.05) is 0 Å². The van der Waals surface area contributed by atoms with Gasteiger partial charge in [0, 0.05) is 0 Å². The van der Waals surface area contributed by atoms with E-state index < -0.39 is 5.41 Å². The average molecular weight is 571 g/mol. The average Bonchev–Trinajstić information content (AvgIpc) is 3.43. The molecule has 8 aromatic rings. The number of hydrogen-bond acceptors (Lipinski definition) is 0. The smallest absolute Gasteiger partial charge is 0.0622 e. The van der Waals surface area contributed by atoms with Gasteiger partial charge in [0.05, 0.1) is 5.41 Å². The van der Waals surface area contributed by atoms with Gasteiger partial charge in [-0.05, 0) is 89.3 Å². The second kappa shape index (κ2) is 10.2. The normalized spacial score (nSPS) is 13.1. The maximum atomic E-state index is 2.49. The minimum Gasteiger partial charge on any atom is -0.0622 e. The number of hydrogen-bond donors (Lipinski definition) is 0. The predicted molar refractivity (Wildman–Crippen MR) is 190 cm³/mol. The van der Waals surface area contributed by atoms with Gasteiger partial charge >= 0.3 is 0 Å². The third-order valence-corrected chi connectivity index (χ3v) is 9.74. The molecular formula is C45H30. The van der Waals surface area contributed by atoms with Gasteiger partial charge < -0.3 is 0 Å². The van der Waals surface area contributed by atoms with E-state index in [0.717, 1.165) is 0 Å². The molecule has 0 heteroatoms. The molecule has 9 rings (SSSR count). The summed E-state index contributed by atoms with van der Waals surface area (Å²) >= 11 is 0. The highest BCUT2D eigenvalue weighted by atomic mass is 14.5. The minimum absolute atomic E-state index is 0.432. The Morgan fingerprint density at radius 3 is 1.60 bits per heavy atom. The SMILES string of the molecule is c1ccc(C2(c3ccccc3)c3ccccc3-c3c2cc(-c2ccc(-c4ccc5ccccc5c4)cc2)c2ccccc32)cc1. The molecule has 0 heterocycles. The van der Waals surface area contributed by atoms with Crippen molar-refractivity contribution in [3.05, 3.63) is 204 Å². The molecule has 0 N–H and O–H groups in total. The molecule has 0 aliphatic heterocycles. The van der Waals surface area contributed by atoms with Gasteiger partial charge in [0.2, 0.25) is 0 Å². The highest BCUT2D eigenvalue weighted by Gasteiger charge is 2.46. The molecule has 0 nitrogen and oxygen atoms in total. The Morgan fingerprint density at radius 2 is 0.867 bits per heavy atom. The number of benzene rings is 8. The maximum Gasteiger partial charge on any atom is 0.0714 e. The molecule has 1 aliphatic carbocycles. The van der Waals surface area contributed by atoms with Gasteiger partial charge in [0.1, 0.15) is 0 Å². The molecular weight excluding hydrogens is 540 g/mol. The monoisotopic (exact) mass is 570 g/mol. The highest BCUT2D eigenvalue weighted by molar-refractivity contribution is 6.10. The third kappa shape index (κ3) is 3.86. The number of rotatable bonds is 4. The zero-order valence-electron chi connectivity index (χ0n) is 24.8. The zero-order chi connectivity index (χ0) is 29.8. The van der Waals surface area contributed by atoms with E-state index in [2.05, 4.69) is 182 Å². The van der Waals surface area contributed by atoms with Crippen molar-refractivity contribution in [1.82, 2.24) is 0 Å². The summed E-state index contributed by atoms with van der Waals surface area (Å²) in [5.41, 5.74) is 12.4. The van der Waals surface area contributed by atoms with Crippen LogP contribution in [0.15, 0.2) is 182 Å². The van der Waals surface area contributed by atoms with Crippen molar-refractivity contribution < 1.29 is 0 Å². The first kappa shape index (κ1) is 25.7. The van der Waals surface area contributed by atoms with Crippen molar-refractivity contribution in [3.63, 3.8) is 0 Å². The van der Waals surface area contributed by atoms with Crippen molar-refractivity contribution in [2.24, 2.45) is 0 Å². The Balaban J connectivity index is 1.31. The first-order valence-corrected chi connectivity index (χ1v) is 15.7. The molecule has 8 aromatic carbocycles. The second-order valence-corrected chi connectivity index (χ2v) is 12.1. The first-order valence-electron chi connectivity index (χ1n) is 15.7. The molecule has 0 aromatic heterocycles. The van der Waals surface area contributed by atoms with Crippen LogP contribution < -0.4 is 0 Å². The summed E-state index contributed by atoms with van der Waals surface area (Å²) in [7, 11) is 0. The number of fused-ring (bicyclic) bond motifs is 6. The van der Waals surface area contributed by atoms with E-state index in [1.807, 2.05) is 0 Å². The molecule has 0 amide bonds. The van der Waals surface area contributed by atoms with Crippen LogP contribution in [0.25, 0.3) is 54.9 Å². The van der Waals surface area contributed by atoms with E-state index in [9.17, 15) is 0 Å². The lowest BCUT2D eigenvalue weighted by molar-refractivity contribution is 0.769. The van der Waals surface area contributed by atoms with Crippen molar-refractivity contribution in [3.8, 4) is 33.4 Å². The summed E-state index contributed by atoms with van der Waals surface area (Å²) in [6, 6.07) is 67.0. The van der Waals surface area contributed by atoms with Crippen molar-refractivity contribution >= 4 is 21.5 Å². The lowest BCUT2D eigenvalue weighted by Gasteiger charge is -2.34. The van der Waals surface area contributed by atoms with Crippen LogP contribution in [0.3, 0.4) is 0 Å². The Morgan fingerprint density at radius 1 is 0.311 bits per heavy atom. The van der Waals surface area contributed by atoms with Crippen LogP contribution >= 0.6 is 0 Å². The van der Waals surface area contributed by atoms with E-state index >= 15 is 0 Å². The van der Waals surface area contributed by atoms with E-state index in [4.69, 9.17) is 0 Å². The summed E-state index contributed by atoms with van der Waals surface area (Å²) in [4.78, 5) is 0. The van der Waals surface area contributed by atoms with Gasteiger partial charge in [0.15, 0.2) is 0 Å². The molecule has 45 heavy (non-hydrogen) atoms. The Kier molecular flexibility index (Phi) is 5.83. The van der Waals surface area contributed by atoms with Gasteiger partial charge in [0.25, 0.3) is 0 Å². The molecule has 0 fully saturated rings. The fourth-order valence-electron chi connectivity index (χ4n) is 7.75. The van der Waals surface area contributed by atoms with Crippen molar-refractivity contribution in [2.45, 2.75) is 5.41 Å². The van der Waals surface area contributed by atoms with Crippen LogP contribution in [0.5, 0.6) is 0 Å². The summed E-state index contributed by atoms with van der Waals surface area (Å²) in [6.45, 7) is 0. The molecule has 1 aliphatic rings. The van der Waals surface area contributed by atoms with Gasteiger partial charge in [-0.1, -0.05) is 170 Å². The molecule has 0 atom stereocenters. The fourth-order valence-corrected chi connectivity index (χ4v) is 7.75. The Labute approximate surface area is 263 Å². The van der Waals surface area contributed by atoms with Gasteiger partial charge in [-0.3, -0.25) is 0 Å². The van der Waals surface area contributed by atoms with E-state index in [1.54, 1.807) is 0 Å². The van der Waals surface area contributed by atoms with Crippen LogP contribution in [0.1, 0.15) is 22.3 Å². The van der Waals surface area contributed by atoms with Crippen LogP contribution in [0.4, 0.5) is 0 Å². The quantitative estimate of drug-likeness (QED) is 0.197. The lowest BCUT2D eigenvalue weighted by Crippen LogP contribution is -2.28. The summed E-state index contributed by atoms with van der Waals surface area (Å²) in [6.07, 6.45) is 0. The van der Waals surface area contributed by atoms with Crippen LogP contribution in [0, 0.1) is 0 Å². The zero-order valence-corrected chi connectivity index (χ0v) is 24.8. The van der Waals surface area contributed by atoms with Crippen LogP contribution in [-0.2, 0) is 5.41 Å². The first-order chi connectivity index (χ1) is 22.3. The van der Waals surface area contributed by atoms with Gasteiger partial charge in [-0.25, -0.2) is 0 Å². The van der Waals surface area contributed by atoms with Crippen molar-refractivity contribution in [1.29, 1.82) is 0 Å². The third-order valence-electron chi connectivity index (χ3n) is 9.74. The standard InChI is InChI=1S/C45H30/c1-3-15-36(16-4-1)45(37-17-5-2-6-18-37)42-22-12-11-21-40(42)44-39-20-10-9-19-38(39)41(30-43(44)45)33-26-23-32(24-27-33)35-28-25-31-13-7-8-14-34(31)29-35/h1-30H. The fraction of sp³-hybridized carbons (Fsp3) is 0.0222. The molecule has 0 unspecified atom stereocenters. The predicted octanol–water partition coefficient (Wildman–Crippen LogP) is 11.7. The second-order valence-electron chi connectivity index (χ2n) is 12.1. The lowest BCUT2D eigenvalue weighted by atomic mass is 9.67. The van der Waals surface area contributed by atoms with Crippen LogP contribution in [0.2, 0.25) is 0 Å².